The third kappa shape index (κ3) is 8.03. The molecule has 0 radical (unpaired) electrons. The standard InChI is InChI=1S/C17H12NO2S.C4H9O.K/c19-11-12-21-17-18-15(13-7-3-1-4-8-13)16(20-17)14-9-5-2-6-10-14;1-3-4-5-2;/h1-10H,12H2;3H,4H2,1-2H3;/q2*-1;+1. The van der Waals surface area contributed by atoms with Crippen LogP contribution in [0.1, 0.15) is 6.92 Å². The summed E-state index contributed by atoms with van der Waals surface area (Å²) in [7, 11) is 1.68. The third-order valence-electron chi connectivity index (χ3n) is 3.28. The zero-order valence-electron chi connectivity index (χ0n) is 15.8. The molecule has 0 unspecified atom stereocenters. The molecule has 0 amide bonds. The summed E-state index contributed by atoms with van der Waals surface area (Å²) in [6, 6.07) is 19.7. The predicted octanol–water partition coefficient (Wildman–Crippen LogP) is 2.07. The first-order valence-electron chi connectivity index (χ1n) is 8.16. The van der Waals surface area contributed by atoms with Gasteiger partial charge in [0.15, 0.2) is 5.76 Å². The van der Waals surface area contributed by atoms with Gasteiger partial charge in [-0.25, -0.2) is 4.98 Å². The molecule has 0 aliphatic heterocycles. The quantitative estimate of drug-likeness (QED) is 0.342. The van der Waals surface area contributed by atoms with Crippen molar-refractivity contribution in [2.24, 2.45) is 0 Å². The van der Waals surface area contributed by atoms with Crippen molar-refractivity contribution in [2.45, 2.75) is 12.1 Å². The normalized spacial score (nSPS) is 9.70. The minimum Gasteiger partial charge on any atom is -0.541 e. The van der Waals surface area contributed by atoms with E-state index in [1.54, 1.807) is 7.11 Å². The van der Waals surface area contributed by atoms with Gasteiger partial charge in [0.2, 0.25) is 0 Å². The van der Waals surface area contributed by atoms with Gasteiger partial charge in [0, 0.05) is 18.2 Å². The molecule has 1 heterocycles. The number of ether oxygens (including phenoxy) is 1. The zero-order chi connectivity index (χ0) is 18.6. The fraction of sp³-hybridized carbons (Fsp3) is 0.190. The van der Waals surface area contributed by atoms with Crippen molar-refractivity contribution in [3.8, 4) is 22.6 Å². The maximum absolute atomic E-state index is 10.4. The molecule has 0 bridgehead atoms. The Bertz CT molecular complexity index is 720. The number of rotatable bonds is 7. The molecule has 27 heavy (non-hydrogen) atoms. The number of benzene rings is 2. The number of nitrogens with zero attached hydrogens (tertiary/aromatic N) is 1. The molecule has 0 N–H and O–H groups in total. The molecule has 0 saturated carbocycles. The van der Waals surface area contributed by atoms with Crippen molar-refractivity contribution in [3.63, 3.8) is 0 Å². The first-order valence-corrected chi connectivity index (χ1v) is 9.15. The summed E-state index contributed by atoms with van der Waals surface area (Å²) in [5.74, 6) is 0.929. The van der Waals surface area contributed by atoms with Crippen LogP contribution in [0.3, 0.4) is 0 Å². The predicted molar refractivity (Wildman–Crippen MR) is 106 cm³/mol. The van der Waals surface area contributed by atoms with Gasteiger partial charge in [-0.2, -0.15) is 6.92 Å². The number of carbonyl (C=O) groups excluding carboxylic acids is 1. The van der Waals surface area contributed by atoms with E-state index in [1.165, 1.54) is 11.8 Å². The van der Waals surface area contributed by atoms with Crippen LogP contribution in [0.4, 0.5) is 0 Å². The fourth-order valence-electron chi connectivity index (χ4n) is 2.20. The van der Waals surface area contributed by atoms with Gasteiger partial charge in [0.1, 0.15) is 5.69 Å². The number of thioether (sulfide) groups is 1. The van der Waals surface area contributed by atoms with Crippen LogP contribution in [-0.2, 0) is 9.53 Å². The Kier molecular flexibility index (Phi) is 12.9. The topological polar surface area (TPSA) is 52.3 Å². The van der Waals surface area contributed by atoms with Gasteiger partial charge in [0.25, 0.3) is 5.22 Å². The summed E-state index contributed by atoms with van der Waals surface area (Å²) >= 11 is 1.24. The van der Waals surface area contributed by atoms with Crippen molar-refractivity contribution in [2.75, 3.05) is 19.5 Å². The molecule has 0 saturated heterocycles. The van der Waals surface area contributed by atoms with Crippen LogP contribution in [0.15, 0.2) is 70.3 Å². The Morgan fingerprint density at radius 3 is 2.15 bits per heavy atom. The average Bonchev–Trinajstić information content (AvgIpc) is 3.13. The molecule has 0 fully saturated rings. The molecule has 136 valence electrons. The molecule has 3 rings (SSSR count). The van der Waals surface area contributed by atoms with Crippen molar-refractivity contribution >= 4 is 18.0 Å². The van der Waals surface area contributed by atoms with E-state index in [9.17, 15) is 4.79 Å². The maximum atomic E-state index is 10.4. The maximum Gasteiger partial charge on any atom is 1.00 e. The van der Waals surface area contributed by atoms with Crippen LogP contribution in [-0.4, -0.2) is 30.7 Å². The molecule has 0 aliphatic rings. The summed E-state index contributed by atoms with van der Waals surface area (Å²) in [6.45, 7) is 2.73. The molecule has 0 aliphatic carbocycles. The molecular formula is C21H21KNO3S-. The van der Waals surface area contributed by atoms with Crippen LogP contribution < -0.4 is 51.4 Å². The monoisotopic (exact) mass is 406 g/mol. The molecule has 2 aromatic carbocycles. The van der Waals surface area contributed by atoms with Gasteiger partial charge in [-0.3, -0.25) is 6.29 Å². The Morgan fingerprint density at radius 2 is 1.67 bits per heavy atom. The summed E-state index contributed by atoms with van der Waals surface area (Å²) < 4.78 is 10.5. The Balaban J connectivity index is 0.000000542. The molecule has 4 nitrogen and oxygen atoms in total. The van der Waals surface area contributed by atoms with Crippen LogP contribution in [0.5, 0.6) is 0 Å². The number of methoxy groups -OCH3 is 1. The van der Waals surface area contributed by atoms with E-state index >= 15 is 0 Å². The zero-order valence-corrected chi connectivity index (χ0v) is 19.8. The molecule has 0 atom stereocenters. The summed E-state index contributed by atoms with van der Waals surface area (Å²) in [5.41, 5.74) is 2.74. The van der Waals surface area contributed by atoms with E-state index in [1.807, 2.05) is 80.3 Å². The van der Waals surface area contributed by atoms with E-state index in [-0.39, 0.29) is 57.1 Å². The van der Waals surface area contributed by atoms with E-state index in [0.717, 1.165) is 29.2 Å². The van der Waals surface area contributed by atoms with Crippen molar-refractivity contribution in [3.05, 3.63) is 67.1 Å². The van der Waals surface area contributed by atoms with E-state index < -0.39 is 0 Å². The molecule has 0 spiro atoms. The van der Waals surface area contributed by atoms with E-state index in [4.69, 9.17) is 4.42 Å². The second kappa shape index (κ2) is 14.3. The average molecular weight is 407 g/mol. The van der Waals surface area contributed by atoms with Gasteiger partial charge in [-0.15, -0.1) is 0 Å². The van der Waals surface area contributed by atoms with Gasteiger partial charge >= 0.3 is 51.4 Å². The number of oxazole rings is 1. The fourth-order valence-corrected chi connectivity index (χ4v) is 2.68. The first-order chi connectivity index (χ1) is 12.8. The minimum absolute atomic E-state index is 0. The molecule has 1 aromatic heterocycles. The second-order valence-corrected chi connectivity index (χ2v) is 6.11. The van der Waals surface area contributed by atoms with Gasteiger partial charge in [-0.1, -0.05) is 84.8 Å². The van der Waals surface area contributed by atoms with Gasteiger partial charge in [0.05, 0.1) is 0 Å². The Labute approximate surface area is 207 Å². The van der Waals surface area contributed by atoms with Crippen LogP contribution >= 0.6 is 11.8 Å². The molecule has 3 aromatic rings. The smallest absolute Gasteiger partial charge is 0.541 e. The SMILES string of the molecule is C[CH-]COC.O=[C-]CSc1nc(-c2ccccc2)c(-c2ccccc2)o1.[K+]. The summed E-state index contributed by atoms with van der Waals surface area (Å²) in [6.07, 6.45) is 3.80. The molecule has 6 heteroatoms. The Morgan fingerprint density at radius 1 is 1.07 bits per heavy atom. The van der Waals surface area contributed by atoms with Crippen molar-refractivity contribution in [1.29, 1.82) is 0 Å². The van der Waals surface area contributed by atoms with Crippen molar-refractivity contribution < 1.29 is 65.3 Å². The van der Waals surface area contributed by atoms with Gasteiger partial charge in [-0.05, 0) is 0 Å². The summed E-state index contributed by atoms with van der Waals surface area (Å²) in [4.78, 5) is 14.9. The molecular weight excluding hydrogens is 385 g/mol. The Hall–Kier alpha value is -0.734. The number of hydrogen-bond donors (Lipinski definition) is 0. The van der Waals surface area contributed by atoms with Crippen LogP contribution in [0.2, 0.25) is 0 Å². The summed E-state index contributed by atoms with van der Waals surface area (Å²) in [5, 5.41) is 0.482. The van der Waals surface area contributed by atoms with Crippen LogP contribution in [0.25, 0.3) is 22.6 Å². The largest absolute Gasteiger partial charge is 1.00 e. The third-order valence-corrected chi connectivity index (χ3v) is 3.96. The minimum atomic E-state index is 0. The number of hydrogen-bond acceptors (Lipinski definition) is 5. The van der Waals surface area contributed by atoms with E-state index in [2.05, 4.69) is 9.72 Å². The first kappa shape index (κ1) is 24.3. The van der Waals surface area contributed by atoms with Crippen LogP contribution in [0, 0.1) is 6.42 Å². The van der Waals surface area contributed by atoms with Crippen molar-refractivity contribution in [1.82, 2.24) is 4.98 Å². The number of aromatic nitrogens is 1. The van der Waals surface area contributed by atoms with Gasteiger partial charge < -0.3 is 20.4 Å². The van der Waals surface area contributed by atoms with E-state index in [0.29, 0.717) is 5.22 Å². The second-order valence-electron chi connectivity index (χ2n) is 5.19.